The first-order valence-corrected chi connectivity index (χ1v) is 25.9. The summed E-state index contributed by atoms with van der Waals surface area (Å²) in [6.07, 6.45) is -4.95. The van der Waals surface area contributed by atoms with Crippen molar-refractivity contribution in [3.63, 3.8) is 0 Å². The van der Waals surface area contributed by atoms with Crippen LogP contribution in [0.1, 0.15) is 17.2 Å². The molecule has 0 fully saturated rings. The molecule has 0 aliphatic rings. The number of alkyl halides is 3. The third-order valence-electron chi connectivity index (χ3n) is 14.2. The lowest BCUT2D eigenvalue weighted by Gasteiger charge is -2.23. The van der Waals surface area contributed by atoms with E-state index in [-0.39, 0.29) is 17.2 Å². The van der Waals surface area contributed by atoms with Crippen molar-refractivity contribution in [1.29, 1.82) is 0 Å². The monoisotopic (exact) mass is 1050 g/mol. The van der Waals surface area contributed by atoms with Crippen molar-refractivity contribution < 1.29 is 13.2 Å². The van der Waals surface area contributed by atoms with Crippen molar-refractivity contribution in [2.45, 2.75) is 20.0 Å². The number of fused-ring (bicyclic) bond motifs is 6. The van der Waals surface area contributed by atoms with E-state index in [0.29, 0.717) is 85.4 Å². The molecule has 0 unspecified atom stereocenters. The molecule has 0 aliphatic carbocycles. The van der Waals surface area contributed by atoms with E-state index in [9.17, 15) is 0 Å². The molecule has 0 amide bonds. The Hall–Kier alpha value is -10.6. The van der Waals surface area contributed by atoms with Gasteiger partial charge in [-0.3, -0.25) is 0 Å². The number of para-hydroxylation sites is 2. The number of aryl methyl sites for hydroxylation is 2. The van der Waals surface area contributed by atoms with E-state index in [1.165, 1.54) is 0 Å². The summed E-state index contributed by atoms with van der Waals surface area (Å²) < 4.78 is 54.8. The number of benzene rings is 9. The average Bonchev–Trinajstić information content (AvgIpc) is 4.15. The molecule has 0 radical (unpaired) electrons. The van der Waals surface area contributed by atoms with Gasteiger partial charge >= 0.3 is 6.18 Å². The van der Waals surface area contributed by atoms with E-state index >= 15 is 13.2 Å². The molecule has 80 heavy (non-hydrogen) atoms. The van der Waals surface area contributed by atoms with E-state index in [1.807, 2.05) is 206 Å². The predicted molar refractivity (Wildman–Crippen MR) is 308 cm³/mol. The fraction of sp³-hybridized carbons (Fsp3) is 0.0455. The molecule has 14 rings (SSSR count). The highest BCUT2D eigenvalue weighted by Crippen LogP contribution is 2.47. The SMILES string of the molecule is Cc1nc(C)nc(-c2cc(-n3c4ccccc4c4ccc(-c5nc(-c6ccccc6)nc(-c6ccccc6)n5)cc43)c(C(F)(F)F)c(-n3c4ccccc4c4ccc(-c5nc(-c6ccccc6)nc(-c6ccccc6)n5)cc43)c2)n1. The summed E-state index contributed by atoms with van der Waals surface area (Å²) in [6, 6.07) is 68.0. The first-order valence-electron chi connectivity index (χ1n) is 25.9. The van der Waals surface area contributed by atoms with Gasteiger partial charge in [0.15, 0.2) is 40.8 Å². The van der Waals surface area contributed by atoms with E-state index in [1.54, 1.807) is 35.1 Å². The first-order chi connectivity index (χ1) is 39.1. The van der Waals surface area contributed by atoms with Gasteiger partial charge in [-0.1, -0.05) is 182 Å². The summed E-state index contributed by atoms with van der Waals surface area (Å²) >= 11 is 0. The molecule has 14 aromatic rings. The smallest absolute Gasteiger partial charge is 0.309 e. The normalized spacial score (nSPS) is 11.8. The lowest BCUT2D eigenvalue weighted by molar-refractivity contribution is -0.137. The van der Waals surface area contributed by atoms with Gasteiger partial charge in [0.1, 0.15) is 17.2 Å². The van der Waals surface area contributed by atoms with Crippen LogP contribution >= 0.6 is 0 Å². The van der Waals surface area contributed by atoms with Gasteiger partial charge in [0, 0.05) is 60.5 Å². The van der Waals surface area contributed by atoms with Gasteiger partial charge in [0.05, 0.1) is 33.4 Å². The lowest BCUT2D eigenvalue weighted by Crippen LogP contribution is -2.16. The van der Waals surface area contributed by atoms with Crippen molar-refractivity contribution in [2.75, 3.05) is 0 Å². The Balaban J connectivity index is 1.06. The predicted octanol–water partition coefficient (Wildman–Crippen LogP) is 15.7. The lowest BCUT2D eigenvalue weighted by atomic mass is 10.0. The van der Waals surface area contributed by atoms with Gasteiger partial charge in [-0.05, 0) is 50.2 Å². The zero-order valence-corrected chi connectivity index (χ0v) is 42.8. The maximum absolute atomic E-state index is 17.1. The molecular formula is C66H42F3N11. The van der Waals surface area contributed by atoms with Gasteiger partial charge in [0.25, 0.3) is 0 Å². The van der Waals surface area contributed by atoms with E-state index in [2.05, 4.69) is 4.98 Å². The van der Waals surface area contributed by atoms with Gasteiger partial charge in [-0.25, -0.2) is 44.9 Å². The van der Waals surface area contributed by atoms with Crippen LogP contribution in [0.4, 0.5) is 13.2 Å². The maximum atomic E-state index is 17.1. The molecule has 0 aliphatic heterocycles. The highest BCUT2D eigenvalue weighted by molar-refractivity contribution is 6.12. The fourth-order valence-electron chi connectivity index (χ4n) is 10.7. The average molecular weight is 1050 g/mol. The summed E-state index contributed by atoms with van der Waals surface area (Å²) in [4.78, 5) is 43.9. The number of halogens is 3. The number of aromatic nitrogens is 11. The van der Waals surface area contributed by atoms with Crippen molar-refractivity contribution in [2.24, 2.45) is 0 Å². The highest BCUT2D eigenvalue weighted by Gasteiger charge is 2.40. The zero-order valence-electron chi connectivity index (χ0n) is 42.8. The topological polar surface area (TPSA) is 126 Å². The van der Waals surface area contributed by atoms with Gasteiger partial charge in [-0.15, -0.1) is 0 Å². The molecule has 382 valence electrons. The van der Waals surface area contributed by atoms with Crippen molar-refractivity contribution >= 4 is 43.6 Å². The molecule has 0 bridgehead atoms. The largest absolute Gasteiger partial charge is 0.420 e. The molecule has 14 heteroatoms. The molecular weight excluding hydrogens is 1000 g/mol. The van der Waals surface area contributed by atoms with Gasteiger partial charge in [0.2, 0.25) is 0 Å². The number of rotatable bonds is 9. The van der Waals surface area contributed by atoms with E-state index in [4.69, 9.17) is 39.9 Å². The highest BCUT2D eigenvalue weighted by atomic mass is 19.4. The summed E-state index contributed by atoms with van der Waals surface area (Å²) in [5.41, 5.74) is 5.52. The van der Waals surface area contributed by atoms with Crippen LogP contribution in [0.2, 0.25) is 0 Å². The maximum Gasteiger partial charge on any atom is 0.420 e. The Morgan fingerprint density at radius 3 is 0.925 bits per heavy atom. The van der Waals surface area contributed by atoms with Crippen LogP contribution in [0.3, 0.4) is 0 Å². The molecule has 9 aromatic carbocycles. The first kappa shape index (κ1) is 47.8. The summed E-state index contributed by atoms with van der Waals surface area (Å²) in [5, 5.41) is 2.94. The van der Waals surface area contributed by atoms with Crippen LogP contribution in [-0.4, -0.2) is 54.0 Å². The molecule has 0 N–H and O–H groups in total. The second kappa shape index (κ2) is 19.1. The van der Waals surface area contributed by atoms with Crippen LogP contribution in [0, 0.1) is 13.8 Å². The minimum absolute atomic E-state index is 0.144. The van der Waals surface area contributed by atoms with Gasteiger partial charge in [-0.2, -0.15) is 13.2 Å². The van der Waals surface area contributed by atoms with Crippen molar-refractivity contribution in [3.05, 3.63) is 236 Å². The summed E-state index contributed by atoms with van der Waals surface area (Å²) in [5.74, 6) is 3.56. The van der Waals surface area contributed by atoms with Crippen LogP contribution < -0.4 is 0 Å². The molecule has 0 spiro atoms. The number of hydrogen-bond acceptors (Lipinski definition) is 9. The van der Waals surface area contributed by atoms with Crippen LogP contribution in [0.5, 0.6) is 0 Å². The quantitative estimate of drug-likeness (QED) is 0.139. The van der Waals surface area contributed by atoms with E-state index < -0.39 is 11.7 Å². The Morgan fingerprint density at radius 2 is 0.575 bits per heavy atom. The zero-order chi connectivity index (χ0) is 54.1. The minimum Gasteiger partial charge on any atom is -0.309 e. The Kier molecular flexibility index (Phi) is 11.4. The molecule has 0 atom stereocenters. The Labute approximate surface area is 455 Å². The Bertz CT molecular complexity index is 4320. The van der Waals surface area contributed by atoms with Crippen LogP contribution in [0.25, 0.3) is 135 Å². The van der Waals surface area contributed by atoms with E-state index in [0.717, 1.165) is 43.8 Å². The molecule has 0 saturated carbocycles. The Morgan fingerprint density at radius 1 is 0.275 bits per heavy atom. The number of hydrogen-bond donors (Lipinski definition) is 0. The van der Waals surface area contributed by atoms with Crippen molar-refractivity contribution in [1.82, 2.24) is 54.0 Å². The van der Waals surface area contributed by atoms with Crippen LogP contribution in [0.15, 0.2) is 218 Å². The summed E-state index contributed by atoms with van der Waals surface area (Å²) in [6.45, 7) is 3.49. The second-order valence-corrected chi connectivity index (χ2v) is 19.4. The van der Waals surface area contributed by atoms with Crippen LogP contribution in [-0.2, 0) is 6.18 Å². The second-order valence-electron chi connectivity index (χ2n) is 19.4. The van der Waals surface area contributed by atoms with Crippen molar-refractivity contribution in [3.8, 4) is 91.1 Å². The summed E-state index contributed by atoms with van der Waals surface area (Å²) in [7, 11) is 0. The third-order valence-corrected chi connectivity index (χ3v) is 14.2. The third kappa shape index (κ3) is 8.46. The minimum atomic E-state index is -4.95. The number of nitrogens with zero attached hydrogens (tertiary/aromatic N) is 11. The standard InChI is InChI=1S/C66H42F3N11/c1-39-70-40(2)72-65(71-39)47-37-56(79-52-29-17-15-27-48(52)50-33-31-45(35-54(50)79)63-75-59(41-19-7-3-8-20-41)73-60(76-63)42-21-9-4-10-22-42)58(66(67,68)69)57(38-47)80-53-30-18-16-28-49(53)51-34-32-46(36-55(51)80)64-77-61(43-23-11-5-12-24-43)74-62(78-64)44-25-13-6-14-26-44/h3-38H,1-2H3. The van der Waals surface area contributed by atoms with Gasteiger partial charge < -0.3 is 9.13 Å². The molecule has 0 saturated heterocycles. The molecule has 5 aromatic heterocycles. The fourth-order valence-corrected chi connectivity index (χ4v) is 10.7. The molecule has 11 nitrogen and oxygen atoms in total. The molecule has 5 heterocycles.